The molecule has 1 aliphatic rings. The van der Waals surface area contributed by atoms with E-state index >= 15 is 0 Å². The number of hydrogen-bond acceptors (Lipinski definition) is 1. The van der Waals surface area contributed by atoms with Gasteiger partial charge in [0.25, 0.3) is 0 Å². The van der Waals surface area contributed by atoms with Crippen LogP contribution in [0, 0.1) is 0 Å². The summed E-state index contributed by atoms with van der Waals surface area (Å²) >= 11 is 22.1. The summed E-state index contributed by atoms with van der Waals surface area (Å²) in [6, 6.07) is 0. The Labute approximate surface area is 72.8 Å². The van der Waals surface area contributed by atoms with Crippen LogP contribution >= 0.6 is 46.4 Å². The van der Waals surface area contributed by atoms with Crippen molar-refractivity contribution >= 4 is 46.4 Å². The molecule has 1 atom stereocenters. The zero-order valence-electron chi connectivity index (χ0n) is 4.24. The highest BCUT2D eigenvalue weighted by molar-refractivity contribution is 6.64. The number of aliphatic hydroxyl groups excluding tert-OH is 1. The molecule has 1 aliphatic carbocycles. The molecule has 0 aromatic rings. The Morgan fingerprint density at radius 2 is 1.67 bits per heavy atom. The van der Waals surface area contributed by atoms with Gasteiger partial charge in [-0.3, -0.25) is 0 Å². The van der Waals surface area contributed by atoms with Crippen LogP contribution in [0.15, 0.2) is 0 Å². The second-order valence-corrected chi connectivity index (χ2v) is 4.92. The molecule has 0 bridgehead atoms. The third kappa shape index (κ3) is 1.04. The van der Waals surface area contributed by atoms with E-state index in [9.17, 15) is 0 Å². The molecule has 0 aromatic carbocycles. The minimum atomic E-state index is -1.39. The standard InChI is InChI=1S/C4H4Cl4O/c5-3(6)1-2(9)4(3,7)8/h2,9H,1H2. The molecule has 9 heavy (non-hydrogen) atoms. The van der Waals surface area contributed by atoms with Crippen LogP contribution in [0.25, 0.3) is 0 Å². The van der Waals surface area contributed by atoms with Gasteiger partial charge in [-0.05, 0) is 0 Å². The van der Waals surface area contributed by atoms with Crippen LogP contribution in [0.4, 0.5) is 0 Å². The van der Waals surface area contributed by atoms with Gasteiger partial charge in [0.15, 0.2) is 8.67 Å². The first-order valence-corrected chi connectivity index (χ1v) is 3.83. The summed E-state index contributed by atoms with van der Waals surface area (Å²) < 4.78 is -2.58. The zero-order valence-corrected chi connectivity index (χ0v) is 7.27. The first-order chi connectivity index (χ1) is 3.88. The quantitative estimate of drug-likeness (QED) is 0.606. The Morgan fingerprint density at radius 3 is 1.67 bits per heavy atom. The first kappa shape index (κ1) is 8.22. The summed E-state index contributed by atoms with van der Waals surface area (Å²) in [6.07, 6.45) is -0.584. The van der Waals surface area contributed by atoms with Gasteiger partial charge in [0.05, 0.1) is 6.10 Å². The summed E-state index contributed by atoms with van der Waals surface area (Å²) in [5, 5.41) is 8.88. The number of rotatable bonds is 0. The molecular formula is C4H4Cl4O. The van der Waals surface area contributed by atoms with Crippen LogP contribution in [-0.2, 0) is 0 Å². The highest BCUT2D eigenvalue weighted by atomic mass is 35.5. The topological polar surface area (TPSA) is 20.2 Å². The number of aliphatic hydroxyl groups is 1. The summed E-state index contributed by atoms with van der Waals surface area (Å²) in [7, 11) is 0. The fourth-order valence-electron chi connectivity index (χ4n) is 0.620. The minimum absolute atomic E-state index is 0.225. The summed E-state index contributed by atoms with van der Waals surface area (Å²) in [6.45, 7) is 0. The van der Waals surface area contributed by atoms with Crippen molar-refractivity contribution in [3.8, 4) is 0 Å². The van der Waals surface area contributed by atoms with E-state index in [0.29, 0.717) is 0 Å². The van der Waals surface area contributed by atoms with Gasteiger partial charge in [-0.25, -0.2) is 0 Å². The molecule has 1 saturated carbocycles. The summed E-state index contributed by atoms with van der Waals surface area (Å²) in [5.74, 6) is 0. The first-order valence-electron chi connectivity index (χ1n) is 2.31. The lowest BCUT2D eigenvalue weighted by molar-refractivity contribution is 0.0733. The van der Waals surface area contributed by atoms with Crippen molar-refractivity contribution in [3.05, 3.63) is 0 Å². The van der Waals surface area contributed by atoms with Crippen molar-refractivity contribution in [2.45, 2.75) is 21.2 Å². The number of hydrogen-bond donors (Lipinski definition) is 1. The van der Waals surface area contributed by atoms with Crippen LogP contribution in [0.1, 0.15) is 6.42 Å². The third-order valence-electron chi connectivity index (χ3n) is 1.36. The third-order valence-corrected chi connectivity index (χ3v) is 3.80. The second-order valence-electron chi connectivity index (χ2n) is 2.05. The molecule has 1 fully saturated rings. The summed E-state index contributed by atoms with van der Waals surface area (Å²) in [5.41, 5.74) is 0. The normalized spacial score (nSPS) is 37.7. The van der Waals surface area contributed by atoms with Crippen LogP contribution in [-0.4, -0.2) is 19.9 Å². The summed E-state index contributed by atoms with van der Waals surface area (Å²) in [4.78, 5) is 0. The smallest absolute Gasteiger partial charge is 0.176 e. The Balaban J connectivity index is 2.70. The molecule has 0 spiro atoms. The maximum absolute atomic E-state index is 8.88. The molecule has 1 nitrogen and oxygen atoms in total. The zero-order chi connectivity index (χ0) is 7.28. The molecular weight excluding hydrogens is 206 g/mol. The maximum Gasteiger partial charge on any atom is 0.176 e. The van der Waals surface area contributed by atoms with Gasteiger partial charge in [-0.2, -0.15) is 0 Å². The predicted molar refractivity (Wildman–Crippen MR) is 39.5 cm³/mol. The van der Waals surface area contributed by atoms with Gasteiger partial charge in [-0.1, -0.05) is 46.4 Å². The monoisotopic (exact) mass is 208 g/mol. The predicted octanol–water partition coefficient (Wildman–Crippen LogP) is 2.10. The molecule has 5 heteroatoms. The molecule has 54 valence electrons. The molecule has 0 amide bonds. The molecule has 1 unspecified atom stereocenters. The van der Waals surface area contributed by atoms with Gasteiger partial charge in [0, 0.05) is 6.42 Å². The van der Waals surface area contributed by atoms with Gasteiger partial charge in [0.1, 0.15) is 0 Å². The molecule has 0 saturated heterocycles. The molecule has 1 rings (SSSR count). The van der Waals surface area contributed by atoms with E-state index in [1.54, 1.807) is 0 Å². The molecule has 0 radical (unpaired) electrons. The van der Waals surface area contributed by atoms with Crippen LogP contribution in [0.5, 0.6) is 0 Å². The van der Waals surface area contributed by atoms with Gasteiger partial charge in [-0.15, -0.1) is 0 Å². The Hall–Kier alpha value is 1.12. The van der Waals surface area contributed by atoms with E-state index < -0.39 is 14.8 Å². The Bertz CT molecular complexity index is 133. The Morgan fingerprint density at radius 1 is 1.22 bits per heavy atom. The SMILES string of the molecule is OC1CC(Cl)(Cl)C1(Cl)Cl. The second kappa shape index (κ2) is 2.05. The highest BCUT2D eigenvalue weighted by Crippen LogP contribution is 2.57. The average molecular weight is 210 g/mol. The van der Waals surface area contributed by atoms with E-state index in [4.69, 9.17) is 51.5 Å². The molecule has 1 N–H and O–H groups in total. The number of halogens is 4. The average Bonchev–Trinajstić information content (AvgIpc) is 1.65. The molecule has 0 aliphatic heterocycles. The van der Waals surface area contributed by atoms with Crippen LogP contribution in [0.2, 0.25) is 0 Å². The fraction of sp³-hybridized carbons (Fsp3) is 1.00. The van der Waals surface area contributed by atoms with Gasteiger partial charge < -0.3 is 5.11 Å². The molecule has 0 heterocycles. The lowest BCUT2D eigenvalue weighted by Crippen LogP contribution is -2.59. The number of alkyl halides is 4. The van der Waals surface area contributed by atoms with Crippen molar-refractivity contribution in [1.82, 2.24) is 0 Å². The lowest BCUT2D eigenvalue weighted by Gasteiger charge is -2.47. The minimum Gasteiger partial charge on any atom is -0.390 e. The van der Waals surface area contributed by atoms with Gasteiger partial charge >= 0.3 is 0 Å². The molecule has 0 aromatic heterocycles. The van der Waals surface area contributed by atoms with E-state index in [1.807, 2.05) is 0 Å². The fourth-order valence-corrected chi connectivity index (χ4v) is 1.47. The van der Waals surface area contributed by atoms with Crippen molar-refractivity contribution in [3.63, 3.8) is 0 Å². The highest BCUT2D eigenvalue weighted by Gasteiger charge is 2.63. The van der Waals surface area contributed by atoms with Crippen LogP contribution in [0.3, 0.4) is 0 Å². The van der Waals surface area contributed by atoms with Crippen molar-refractivity contribution in [1.29, 1.82) is 0 Å². The lowest BCUT2D eigenvalue weighted by atomic mass is 9.93. The van der Waals surface area contributed by atoms with Crippen molar-refractivity contribution in [2.24, 2.45) is 0 Å². The van der Waals surface area contributed by atoms with Crippen molar-refractivity contribution < 1.29 is 5.11 Å². The van der Waals surface area contributed by atoms with E-state index in [0.717, 1.165) is 0 Å². The maximum atomic E-state index is 8.88. The van der Waals surface area contributed by atoms with E-state index in [1.165, 1.54) is 0 Å². The van der Waals surface area contributed by atoms with E-state index in [2.05, 4.69) is 0 Å². The van der Waals surface area contributed by atoms with Gasteiger partial charge in [0.2, 0.25) is 0 Å². The Kier molecular flexibility index (Phi) is 1.87. The van der Waals surface area contributed by atoms with Crippen molar-refractivity contribution in [2.75, 3.05) is 0 Å². The van der Waals surface area contributed by atoms with E-state index in [-0.39, 0.29) is 6.42 Å². The largest absolute Gasteiger partial charge is 0.390 e. The van der Waals surface area contributed by atoms with Crippen LogP contribution < -0.4 is 0 Å².